The SMILES string of the molecule is CCCCC1(OC(C)C)OC(=O)c2ccccc21. The Morgan fingerprint density at radius 2 is 2.06 bits per heavy atom. The summed E-state index contributed by atoms with van der Waals surface area (Å²) in [6.07, 6.45) is 2.74. The van der Waals surface area contributed by atoms with E-state index in [9.17, 15) is 4.79 Å². The van der Waals surface area contributed by atoms with Gasteiger partial charge in [-0.15, -0.1) is 0 Å². The Kier molecular flexibility index (Phi) is 3.71. The standard InChI is InChI=1S/C15H20O3/c1-4-5-10-15(17-11(2)3)13-9-7-6-8-12(13)14(16)18-15/h6-9,11H,4-5,10H2,1-3H3. The molecule has 1 aliphatic heterocycles. The highest BCUT2D eigenvalue weighted by atomic mass is 16.7. The molecule has 0 aromatic heterocycles. The van der Waals surface area contributed by atoms with Crippen LogP contribution in [0, 0.1) is 0 Å². The van der Waals surface area contributed by atoms with Crippen molar-refractivity contribution in [3.63, 3.8) is 0 Å². The maximum absolute atomic E-state index is 11.9. The van der Waals surface area contributed by atoms with Crippen LogP contribution in [0.15, 0.2) is 24.3 Å². The molecule has 0 aliphatic carbocycles. The van der Waals surface area contributed by atoms with E-state index in [1.807, 2.05) is 32.0 Å². The summed E-state index contributed by atoms with van der Waals surface area (Å²) in [5, 5.41) is 0. The highest BCUT2D eigenvalue weighted by Crippen LogP contribution is 2.42. The van der Waals surface area contributed by atoms with E-state index in [1.165, 1.54) is 0 Å². The Bertz CT molecular complexity index is 439. The molecular weight excluding hydrogens is 228 g/mol. The molecule has 2 rings (SSSR count). The van der Waals surface area contributed by atoms with Gasteiger partial charge in [-0.2, -0.15) is 0 Å². The molecule has 1 atom stereocenters. The molecule has 0 saturated heterocycles. The molecule has 0 radical (unpaired) electrons. The van der Waals surface area contributed by atoms with Gasteiger partial charge in [-0.1, -0.05) is 31.5 Å². The number of hydrogen-bond donors (Lipinski definition) is 0. The molecule has 0 spiro atoms. The van der Waals surface area contributed by atoms with Gasteiger partial charge < -0.3 is 9.47 Å². The van der Waals surface area contributed by atoms with Crippen LogP contribution in [0.2, 0.25) is 0 Å². The van der Waals surface area contributed by atoms with Crippen LogP contribution in [-0.2, 0) is 15.3 Å². The van der Waals surface area contributed by atoms with Crippen molar-refractivity contribution >= 4 is 5.97 Å². The molecule has 3 heteroatoms. The van der Waals surface area contributed by atoms with Gasteiger partial charge in [-0.05, 0) is 26.3 Å². The highest BCUT2D eigenvalue weighted by Gasteiger charge is 2.46. The van der Waals surface area contributed by atoms with Gasteiger partial charge in [0.2, 0.25) is 5.79 Å². The fourth-order valence-electron chi connectivity index (χ4n) is 2.38. The number of esters is 1. The fourth-order valence-corrected chi connectivity index (χ4v) is 2.38. The van der Waals surface area contributed by atoms with E-state index in [1.54, 1.807) is 6.07 Å². The maximum Gasteiger partial charge on any atom is 0.341 e. The van der Waals surface area contributed by atoms with Crippen LogP contribution >= 0.6 is 0 Å². The molecule has 0 bridgehead atoms. The summed E-state index contributed by atoms with van der Waals surface area (Å²) >= 11 is 0. The zero-order valence-corrected chi connectivity index (χ0v) is 11.2. The number of benzene rings is 1. The van der Waals surface area contributed by atoms with Crippen molar-refractivity contribution in [3.05, 3.63) is 35.4 Å². The normalized spacial score (nSPS) is 22.1. The lowest BCUT2D eigenvalue weighted by atomic mass is 9.97. The number of ether oxygens (including phenoxy) is 2. The Morgan fingerprint density at radius 1 is 1.33 bits per heavy atom. The first-order chi connectivity index (χ1) is 8.59. The van der Waals surface area contributed by atoms with Crippen molar-refractivity contribution in [2.24, 2.45) is 0 Å². The van der Waals surface area contributed by atoms with Gasteiger partial charge in [0.15, 0.2) is 0 Å². The molecule has 1 unspecified atom stereocenters. The number of carbonyl (C=O) groups excluding carboxylic acids is 1. The molecule has 1 aromatic rings. The van der Waals surface area contributed by atoms with Gasteiger partial charge in [0.1, 0.15) is 0 Å². The molecule has 18 heavy (non-hydrogen) atoms. The molecule has 1 aromatic carbocycles. The van der Waals surface area contributed by atoms with Gasteiger partial charge in [0.05, 0.1) is 11.7 Å². The summed E-state index contributed by atoms with van der Waals surface area (Å²) in [6.45, 7) is 6.04. The first-order valence-corrected chi connectivity index (χ1v) is 6.59. The average molecular weight is 248 g/mol. The topological polar surface area (TPSA) is 35.5 Å². The van der Waals surface area contributed by atoms with Gasteiger partial charge in [0.25, 0.3) is 0 Å². The first kappa shape index (κ1) is 13.1. The maximum atomic E-state index is 11.9. The summed E-state index contributed by atoms with van der Waals surface area (Å²) in [4.78, 5) is 11.9. The lowest BCUT2D eigenvalue weighted by Gasteiger charge is -2.30. The molecule has 98 valence electrons. The summed E-state index contributed by atoms with van der Waals surface area (Å²) in [7, 11) is 0. The van der Waals surface area contributed by atoms with Crippen molar-refractivity contribution in [1.29, 1.82) is 0 Å². The van der Waals surface area contributed by atoms with Crippen molar-refractivity contribution in [3.8, 4) is 0 Å². The van der Waals surface area contributed by atoms with E-state index < -0.39 is 5.79 Å². The van der Waals surface area contributed by atoms with E-state index >= 15 is 0 Å². The van der Waals surface area contributed by atoms with Gasteiger partial charge in [0, 0.05) is 12.0 Å². The third kappa shape index (κ3) is 2.27. The third-order valence-electron chi connectivity index (χ3n) is 3.10. The minimum Gasteiger partial charge on any atom is -0.425 e. The van der Waals surface area contributed by atoms with Crippen LogP contribution in [0.25, 0.3) is 0 Å². The summed E-state index contributed by atoms with van der Waals surface area (Å²) in [5.41, 5.74) is 1.51. The summed E-state index contributed by atoms with van der Waals surface area (Å²) in [6, 6.07) is 7.50. The van der Waals surface area contributed by atoms with Crippen molar-refractivity contribution in [2.75, 3.05) is 0 Å². The highest BCUT2D eigenvalue weighted by molar-refractivity contribution is 5.94. The van der Waals surface area contributed by atoms with Crippen LogP contribution in [0.5, 0.6) is 0 Å². The van der Waals surface area contributed by atoms with Crippen LogP contribution in [-0.4, -0.2) is 12.1 Å². The zero-order valence-electron chi connectivity index (χ0n) is 11.2. The average Bonchev–Trinajstić information content (AvgIpc) is 2.61. The lowest BCUT2D eigenvalue weighted by Crippen LogP contribution is -2.32. The Balaban J connectivity index is 2.39. The molecule has 3 nitrogen and oxygen atoms in total. The number of carbonyl (C=O) groups is 1. The van der Waals surface area contributed by atoms with E-state index in [2.05, 4.69) is 6.92 Å². The number of rotatable bonds is 5. The Labute approximate surface area is 108 Å². The third-order valence-corrected chi connectivity index (χ3v) is 3.10. The van der Waals surface area contributed by atoms with E-state index in [0.29, 0.717) is 12.0 Å². The first-order valence-electron chi connectivity index (χ1n) is 6.59. The van der Waals surface area contributed by atoms with E-state index in [4.69, 9.17) is 9.47 Å². The second kappa shape index (κ2) is 5.11. The lowest BCUT2D eigenvalue weighted by molar-refractivity contribution is -0.228. The van der Waals surface area contributed by atoms with Crippen molar-refractivity contribution in [1.82, 2.24) is 0 Å². The number of unbranched alkanes of at least 4 members (excludes halogenated alkanes) is 1. The smallest absolute Gasteiger partial charge is 0.341 e. The summed E-state index contributed by atoms with van der Waals surface area (Å²) in [5.74, 6) is -1.15. The number of fused-ring (bicyclic) bond motifs is 1. The molecule has 1 aliphatic rings. The molecule has 0 saturated carbocycles. The molecular formula is C15H20O3. The molecule has 0 fully saturated rings. The monoisotopic (exact) mass is 248 g/mol. The van der Waals surface area contributed by atoms with Gasteiger partial charge >= 0.3 is 5.97 Å². The Hall–Kier alpha value is -1.35. The quantitative estimate of drug-likeness (QED) is 0.746. The second-order valence-electron chi connectivity index (χ2n) is 4.96. The number of hydrogen-bond acceptors (Lipinski definition) is 3. The zero-order chi connectivity index (χ0) is 13.2. The largest absolute Gasteiger partial charge is 0.425 e. The van der Waals surface area contributed by atoms with Crippen LogP contribution in [0.1, 0.15) is 56.0 Å². The van der Waals surface area contributed by atoms with Crippen LogP contribution in [0.3, 0.4) is 0 Å². The minimum absolute atomic E-state index is 0.0146. The van der Waals surface area contributed by atoms with E-state index in [0.717, 1.165) is 18.4 Å². The van der Waals surface area contributed by atoms with Crippen LogP contribution in [0.4, 0.5) is 0 Å². The van der Waals surface area contributed by atoms with Crippen molar-refractivity contribution < 1.29 is 14.3 Å². The molecule has 0 amide bonds. The van der Waals surface area contributed by atoms with Crippen molar-refractivity contribution in [2.45, 2.75) is 51.9 Å². The second-order valence-corrected chi connectivity index (χ2v) is 4.96. The van der Waals surface area contributed by atoms with Crippen LogP contribution < -0.4 is 0 Å². The summed E-state index contributed by atoms with van der Waals surface area (Å²) < 4.78 is 11.5. The Morgan fingerprint density at radius 3 is 2.72 bits per heavy atom. The van der Waals surface area contributed by atoms with Gasteiger partial charge in [-0.3, -0.25) is 0 Å². The molecule has 1 heterocycles. The van der Waals surface area contributed by atoms with Gasteiger partial charge in [-0.25, -0.2) is 4.79 Å². The molecule has 0 N–H and O–H groups in total. The minimum atomic E-state index is -0.877. The predicted molar refractivity (Wildman–Crippen MR) is 69.3 cm³/mol. The van der Waals surface area contributed by atoms with E-state index in [-0.39, 0.29) is 12.1 Å². The fraction of sp³-hybridized carbons (Fsp3) is 0.533. The number of cyclic esters (lactones) is 1. The predicted octanol–water partition coefficient (Wildman–Crippen LogP) is 3.63.